The lowest BCUT2D eigenvalue weighted by molar-refractivity contribution is 0.0730. The number of H-pyrrole nitrogens is 1. The lowest BCUT2D eigenvalue weighted by Gasteiger charge is -2.23. The number of benzene rings is 2. The Hall–Kier alpha value is -3.22. The molecule has 1 heterocycles. The second-order valence-electron chi connectivity index (χ2n) is 7.03. The third kappa shape index (κ3) is 3.35. The van der Waals surface area contributed by atoms with Crippen molar-refractivity contribution in [3.63, 3.8) is 0 Å². The van der Waals surface area contributed by atoms with Gasteiger partial charge in [0.15, 0.2) is 0 Å². The fourth-order valence-corrected chi connectivity index (χ4v) is 3.43. The number of aromatic amines is 1. The largest absolute Gasteiger partial charge is 0.331 e. The van der Waals surface area contributed by atoms with Crippen LogP contribution < -0.4 is 11.1 Å². The molecule has 3 aromatic rings. The van der Waals surface area contributed by atoms with E-state index >= 15 is 0 Å². The predicted molar refractivity (Wildman–Crippen MR) is 104 cm³/mol. The molecule has 6 nitrogen and oxygen atoms in total. The zero-order chi connectivity index (χ0) is 19.8. The van der Waals surface area contributed by atoms with Crippen LogP contribution in [-0.2, 0) is 13.1 Å². The van der Waals surface area contributed by atoms with Gasteiger partial charge in [-0.1, -0.05) is 12.1 Å². The molecule has 1 aliphatic carbocycles. The Labute approximate surface area is 160 Å². The summed E-state index contributed by atoms with van der Waals surface area (Å²) < 4.78 is 14.5. The van der Waals surface area contributed by atoms with Gasteiger partial charge in [0.2, 0.25) is 0 Å². The van der Waals surface area contributed by atoms with E-state index in [0.717, 1.165) is 18.4 Å². The van der Waals surface area contributed by atoms with Gasteiger partial charge in [-0.2, -0.15) is 0 Å². The van der Waals surface area contributed by atoms with Gasteiger partial charge in [-0.25, -0.2) is 4.39 Å². The van der Waals surface area contributed by atoms with Gasteiger partial charge in [0.1, 0.15) is 5.82 Å². The molecule has 0 saturated heterocycles. The number of amides is 1. The van der Waals surface area contributed by atoms with E-state index in [1.165, 1.54) is 16.7 Å². The highest BCUT2D eigenvalue weighted by atomic mass is 19.1. The molecule has 0 aliphatic heterocycles. The molecule has 1 fully saturated rings. The van der Waals surface area contributed by atoms with Crippen LogP contribution in [-0.4, -0.2) is 26.4 Å². The van der Waals surface area contributed by atoms with Crippen LogP contribution in [0.4, 0.5) is 4.39 Å². The number of hydrogen-bond acceptors (Lipinski definition) is 3. The number of hydrogen-bond donors (Lipinski definition) is 1. The Morgan fingerprint density at radius 1 is 1.18 bits per heavy atom. The number of aromatic nitrogens is 2. The van der Waals surface area contributed by atoms with Gasteiger partial charge in [0.05, 0.1) is 11.0 Å². The van der Waals surface area contributed by atoms with Gasteiger partial charge in [0.25, 0.3) is 5.91 Å². The van der Waals surface area contributed by atoms with Crippen molar-refractivity contribution in [1.82, 2.24) is 14.5 Å². The van der Waals surface area contributed by atoms with Gasteiger partial charge in [0, 0.05) is 24.7 Å². The normalized spacial score (nSPS) is 13.6. The van der Waals surface area contributed by atoms with Crippen molar-refractivity contribution >= 4 is 16.9 Å². The molecule has 7 heteroatoms. The summed E-state index contributed by atoms with van der Waals surface area (Å²) in [7, 11) is 0. The van der Waals surface area contributed by atoms with E-state index in [0.29, 0.717) is 29.7 Å². The van der Waals surface area contributed by atoms with Crippen LogP contribution in [0.2, 0.25) is 0 Å². The van der Waals surface area contributed by atoms with Crippen LogP contribution in [0.1, 0.15) is 35.7 Å². The number of halogens is 1. The van der Waals surface area contributed by atoms with Crippen molar-refractivity contribution in [3.05, 3.63) is 80.1 Å². The second-order valence-corrected chi connectivity index (χ2v) is 7.03. The minimum atomic E-state index is -0.704. The van der Waals surface area contributed by atoms with Gasteiger partial charge in [-0.15, -0.1) is 0 Å². The number of aryl methyl sites for hydroxylation is 1. The van der Waals surface area contributed by atoms with Gasteiger partial charge in [-0.05, 0) is 55.7 Å². The molecule has 1 N–H and O–H groups in total. The smallest absolute Gasteiger partial charge is 0.316 e. The first-order valence-corrected chi connectivity index (χ1v) is 9.30. The SMILES string of the molecule is CCn1c(=O)c(=O)[nH]c2cc(C(=O)N(Cc3ccc(F)cc3)C3CC3)ccc21. The minimum absolute atomic E-state index is 0.149. The van der Waals surface area contributed by atoms with Gasteiger partial charge in [-0.3, -0.25) is 14.4 Å². The summed E-state index contributed by atoms with van der Waals surface area (Å²) in [6.07, 6.45) is 1.87. The van der Waals surface area contributed by atoms with E-state index in [-0.39, 0.29) is 17.8 Å². The zero-order valence-electron chi connectivity index (χ0n) is 15.4. The molecule has 1 saturated carbocycles. The molecule has 0 bridgehead atoms. The van der Waals surface area contributed by atoms with E-state index in [1.807, 2.05) is 0 Å². The van der Waals surface area contributed by atoms with E-state index in [4.69, 9.17) is 0 Å². The van der Waals surface area contributed by atoms with Crippen LogP contribution in [0.5, 0.6) is 0 Å². The lowest BCUT2D eigenvalue weighted by atomic mass is 10.1. The summed E-state index contributed by atoms with van der Waals surface area (Å²) in [4.78, 5) is 41.4. The molecular weight excluding hydrogens is 361 g/mol. The van der Waals surface area contributed by atoms with Crippen LogP contribution in [0.25, 0.3) is 11.0 Å². The summed E-state index contributed by atoms with van der Waals surface area (Å²) in [6.45, 7) is 2.55. The predicted octanol–water partition coefficient (Wildman–Crippen LogP) is 2.65. The molecule has 1 aromatic heterocycles. The van der Waals surface area contributed by atoms with Crippen LogP contribution >= 0.6 is 0 Å². The van der Waals surface area contributed by atoms with Crippen molar-refractivity contribution < 1.29 is 9.18 Å². The molecule has 4 rings (SSSR count). The molecule has 0 unspecified atom stereocenters. The number of carbonyl (C=O) groups excluding carboxylic acids is 1. The highest BCUT2D eigenvalue weighted by Crippen LogP contribution is 2.30. The average molecular weight is 381 g/mol. The number of nitrogens with zero attached hydrogens (tertiary/aromatic N) is 2. The van der Waals surface area contributed by atoms with E-state index < -0.39 is 11.1 Å². The van der Waals surface area contributed by atoms with Gasteiger partial charge >= 0.3 is 11.1 Å². The van der Waals surface area contributed by atoms with E-state index in [2.05, 4.69) is 4.98 Å². The van der Waals surface area contributed by atoms with Crippen molar-refractivity contribution in [2.24, 2.45) is 0 Å². The fraction of sp³-hybridized carbons (Fsp3) is 0.286. The summed E-state index contributed by atoms with van der Waals surface area (Å²) >= 11 is 0. The quantitative estimate of drug-likeness (QED) is 0.691. The van der Waals surface area contributed by atoms with Crippen molar-refractivity contribution in [3.8, 4) is 0 Å². The van der Waals surface area contributed by atoms with E-state index in [9.17, 15) is 18.8 Å². The fourth-order valence-electron chi connectivity index (χ4n) is 3.43. The number of carbonyl (C=O) groups is 1. The van der Waals surface area contributed by atoms with Crippen molar-refractivity contribution in [2.45, 2.75) is 38.9 Å². The maximum atomic E-state index is 13.2. The van der Waals surface area contributed by atoms with Crippen molar-refractivity contribution in [1.29, 1.82) is 0 Å². The maximum absolute atomic E-state index is 13.2. The first-order valence-electron chi connectivity index (χ1n) is 9.30. The molecule has 28 heavy (non-hydrogen) atoms. The molecular formula is C21H20FN3O3. The van der Waals surface area contributed by atoms with Crippen LogP contribution in [0.15, 0.2) is 52.1 Å². The third-order valence-corrected chi connectivity index (χ3v) is 5.05. The Kier molecular flexibility index (Phi) is 4.58. The summed E-state index contributed by atoms with van der Waals surface area (Å²) in [5.74, 6) is -0.461. The summed E-state index contributed by atoms with van der Waals surface area (Å²) in [5, 5.41) is 0. The first-order chi connectivity index (χ1) is 13.5. The topological polar surface area (TPSA) is 75.2 Å². The van der Waals surface area contributed by atoms with E-state index in [1.54, 1.807) is 42.2 Å². The Bertz CT molecular complexity index is 1160. The molecule has 0 radical (unpaired) electrons. The standard InChI is InChI=1S/C21H20FN3O3/c1-2-24-18-10-5-14(11-17(18)23-19(26)21(24)28)20(27)25(16-8-9-16)12-13-3-6-15(22)7-4-13/h3-7,10-11,16H,2,8-9,12H2,1H3,(H,23,26). The number of fused-ring (bicyclic) bond motifs is 1. The van der Waals surface area contributed by atoms with Crippen molar-refractivity contribution in [2.75, 3.05) is 0 Å². The van der Waals surface area contributed by atoms with Crippen LogP contribution in [0.3, 0.4) is 0 Å². The maximum Gasteiger partial charge on any atom is 0.316 e. The Morgan fingerprint density at radius 2 is 1.89 bits per heavy atom. The monoisotopic (exact) mass is 381 g/mol. The summed E-state index contributed by atoms with van der Waals surface area (Å²) in [6, 6.07) is 11.3. The molecule has 1 amide bonds. The van der Waals surface area contributed by atoms with Crippen LogP contribution in [0, 0.1) is 5.82 Å². The number of rotatable bonds is 5. The molecule has 144 valence electrons. The molecule has 0 spiro atoms. The number of nitrogens with one attached hydrogen (secondary N) is 1. The first kappa shape index (κ1) is 18.2. The third-order valence-electron chi connectivity index (χ3n) is 5.05. The highest BCUT2D eigenvalue weighted by Gasteiger charge is 2.33. The molecule has 0 atom stereocenters. The molecule has 2 aromatic carbocycles. The highest BCUT2D eigenvalue weighted by molar-refractivity contribution is 5.97. The zero-order valence-corrected chi connectivity index (χ0v) is 15.4. The summed E-state index contributed by atoms with van der Waals surface area (Å²) in [5.41, 5.74) is 1.03. The Morgan fingerprint density at radius 3 is 2.54 bits per heavy atom. The Balaban J connectivity index is 1.70. The second kappa shape index (κ2) is 7.07. The minimum Gasteiger partial charge on any atom is -0.331 e. The molecule has 1 aliphatic rings. The van der Waals surface area contributed by atoms with Gasteiger partial charge < -0.3 is 14.5 Å². The lowest BCUT2D eigenvalue weighted by Crippen LogP contribution is -2.36. The average Bonchev–Trinajstić information content (AvgIpc) is 3.53.